The Balaban J connectivity index is 1.44. The molecule has 2 aliphatic rings. The van der Waals surface area contributed by atoms with Crippen LogP contribution in [0.4, 0.5) is 0 Å². The van der Waals surface area contributed by atoms with Crippen LogP contribution in [0.3, 0.4) is 0 Å². The van der Waals surface area contributed by atoms with Gasteiger partial charge in [0.2, 0.25) is 59.1 Å². The van der Waals surface area contributed by atoms with Crippen molar-refractivity contribution in [2.45, 2.75) is 185 Å². The van der Waals surface area contributed by atoms with E-state index in [1.165, 1.54) is 80.8 Å². The molecule has 4 aromatic carbocycles. The van der Waals surface area contributed by atoms with Crippen LogP contribution in [-0.2, 0) is 83.5 Å². The van der Waals surface area contributed by atoms with E-state index in [0.717, 1.165) is 11.1 Å². The van der Waals surface area contributed by atoms with Crippen molar-refractivity contribution < 1.29 is 66.9 Å². The summed E-state index contributed by atoms with van der Waals surface area (Å²) in [5.41, 5.74) is 8.22. The Morgan fingerprint density at radius 1 is 0.545 bits per heavy atom. The summed E-state index contributed by atoms with van der Waals surface area (Å²) in [4.78, 5) is 152. The second-order valence-corrected chi connectivity index (χ2v) is 29.8. The first-order chi connectivity index (χ1) is 48.0. The third kappa shape index (κ3) is 23.9. The molecule has 10 atom stereocenters. The van der Waals surface area contributed by atoms with E-state index in [2.05, 4.69) is 31.9 Å². The van der Waals surface area contributed by atoms with Crippen molar-refractivity contribution >= 4 is 82.6 Å². The lowest BCUT2D eigenvalue weighted by Crippen LogP contribution is -2.64. The molecule has 0 aliphatic carbocycles. The van der Waals surface area contributed by atoms with E-state index in [1.807, 2.05) is 65.8 Å². The van der Waals surface area contributed by atoms with Gasteiger partial charge in [-0.15, -0.1) is 0 Å². The topological polar surface area (TPSA) is 316 Å². The number of benzene rings is 4. The molecular weight excluding hydrogens is 1330 g/mol. The number of nitrogens with two attached hydrogens (primary N) is 1. The maximum Gasteiger partial charge on any atom is 0.246 e. The van der Waals surface area contributed by atoms with Crippen LogP contribution in [0.15, 0.2) is 97.1 Å². The molecule has 1 saturated heterocycles. The van der Waals surface area contributed by atoms with Crippen LogP contribution in [-0.4, -0.2) is 194 Å². The number of primary amides is 1. The number of rotatable bonds is 18. The van der Waals surface area contributed by atoms with E-state index in [4.69, 9.17) is 24.7 Å². The van der Waals surface area contributed by atoms with Gasteiger partial charge in [0.05, 0.1) is 27.4 Å². The van der Waals surface area contributed by atoms with Crippen LogP contribution < -0.4 is 51.8 Å². The van der Waals surface area contributed by atoms with Crippen LogP contribution in [0, 0.1) is 17.8 Å². The van der Waals surface area contributed by atoms with Gasteiger partial charge in [0.1, 0.15) is 71.1 Å². The first-order valence-electron chi connectivity index (χ1n) is 34.6. The molecule has 0 spiro atoms. The second kappa shape index (κ2) is 39.2. The number of hydrogen-bond donors (Lipinski definition) is 7. The highest BCUT2D eigenvalue weighted by Crippen LogP contribution is 2.32. The maximum absolute atomic E-state index is 15.6. The Hall–Kier alpha value is -8.36. The molecule has 0 unspecified atom stereocenters. The van der Waals surface area contributed by atoms with Gasteiger partial charge in [-0.3, -0.25) is 47.9 Å². The number of methoxy groups -OCH3 is 4. The average Bonchev–Trinajstić information content (AvgIpc) is 1.68. The first kappa shape index (κ1) is 81.6. The number of thioether (sulfide) groups is 2. The van der Waals surface area contributed by atoms with Gasteiger partial charge >= 0.3 is 0 Å². The number of amides is 10. The highest BCUT2D eigenvalue weighted by atomic mass is 32.2. The van der Waals surface area contributed by atoms with E-state index in [-0.39, 0.29) is 87.3 Å². The number of nitrogens with one attached hydrogen (secondary N) is 6. The molecular formula is C75H106N10O14S2. The van der Waals surface area contributed by atoms with Crippen LogP contribution in [0.1, 0.15) is 122 Å². The Morgan fingerprint density at radius 2 is 1.01 bits per heavy atom. The number of carbonyl (C=O) groups excluding carboxylic acids is 10. The lowest BCUT2D eigenvalue weighted by molar-refractivity contribution is -0.148. The predicted octanol–water partition coefficient (Wildman–Crippen LogP) is 5.91. The number of carbonyl (C=O) groups is 10. The zero-order valence-corrected chi connectivity index (χ0v) is 62.6. The molecule has 4 aromatic rings. The molecule has 2 bridgehead atoms. The van der Waals surface area contributed by atoms with Crippen LogP contribution in [0.2, 0.25) is 0 Å². The van der Waals surface area contributed by atoms with Crippen LogP contribution >= 0.6 is 23.5 Å². The summed E-state index contributed by atoms with van der Waals surface area (Å²) in [7, 11) is 8.81. The normalized spacial score (nSPS) is 24.0. The van der Waals surface area contributed by atoms with Crippen LogP contribution in [0.25, 0.3) is 0 Å². The van der Waals surface area contributed by atoms with Crippen molar-refractivity contribution in [3.63, 3.8) is 0 Å². The molecule has 101 heavy (non-hydrogen) atoms. The molecule has 0 radical (unpaired) electrons. The van der Waals surface area contributed by atoms with Crippen molar-refractivity contribution in [3.8, 4) is 17.2 Å². The Morgan fingerprint density at radius 3 is 1.52 bits per heavy atom. The SMILES string of the molecule is COc1ccc(C[C@@H]2NC(=O)[C@H](Cc3ccc(OC)cc3)N(C)C(=O)[C@@H](CC(C)C)NC(=O)[C@H](CC(C)C)NC(=O)CCSCc3cccc(c3)CSC[C@@H](C(N)=O)NC(=O)[C@]3(C)CCCN3C(=O)[C@H](Cc3ccc(OC)cc3)NC(=O)[C@H]([C@@H](C)OC)NC(=O)[C@H](CC(C)C)N(C)C2=O)cc1. The fourth-order valence-corrected chi connectivity index (χ4v) is 14.3. The number of hydrogen-bond acceptors (Lipinski definition) is 16. The molecule has 8 N–H and O–H groups in total. The van der Waals surface area contributed by atoms with Gasteiger partial charge in [0.25, 0.3) is 0 Å². The van der Waals surface area contributed by atoms with Crippen molar-refractivity contribution in [2.24, 2.45) is 23.5 Å². The van der Waals surface area contributed by atoms with E-state index >= 15 is 28.8 Å². The Kier molecular flexibility index (Phi) is 31.6. The van der Waals surface area contributed by atoms with Gasteiger partial charge in [0, 0.05) is 76.4 Å². The summed E-state index contributed by atoms with van der Waals surface area (Å²) in [6.45, 7) is 14.7. The number of ether oxygens (including phenoxy) is 4. The number of nitrogens with zero attached hydrogens (tertiary/aromatic N) is 3. The maximum atomic E-state index is 15.6. The molecule has 6 rings (SSSR count). The average molecular weight is 1440 g/mol. The third-order valence-corrected chi connectivity index (χ3v) is 20.5. The zero-order valence-electron chi connectivity index (χ0n) is 61.0. The second-order valence-electron chi connectivity index (χ2n) is 27.6. The largest absolute Gasteiger partial charge is 0.497 e. The number of likely N-dealkylation sites (N-methyl/N-ethyl adjacent to an activating group) is 2. The summed E-state index contributed by atoms with van der Waals surface area (Å²) >= 11 is 2.92. The Bertz CT molecular complexity index is 3450. The minimum absolute atomic E-state index is 0.0473. The summed E-state index contributed by atoms with van der Waals surface area (Å²) in [6, 6.07) is 18.4. The fraction of sp³-hybridized carbons (Fsp3) is 0.547. The van der Waals surface area contributed by atoms with E-state index in [0.29, 0.717) is 57.6 Å². The first-order valence-corrected chi connectivity index (χ1v) is 36.9. The summed E-state index contributed by atoms with van der Waals surface area (Å²) in [5.74, 6) is -3.83. The molecule has 0 aromatic heterocycles. The molecule has 26 heteroatoms. The van der Waals surface area contributed by atoms with Gasteiger partial charge in [-0.25, -0.2) is 0 Å². The van der Waals surface area contributed by atoms with Crippen LogP contribution in [0.5, 0.6) is 17.2 Å². The summed E-state index contributed by atoms with van der Waals surface area (Å²) < 4.78 is 22.1. The number of fused-ring (bicyclic) bond motifs is 3. The smallest absolute Gasteiger partial charge is 0.246 e. The quantitative estimate of drug-likeness (QED) is 0.0609. The molecule has 10 amide bonds. The minimum Gasteiger partial charge on any atom is -0.497 e. The zero-order chi connectivity index (χ0) is 74.3. The van der Waals surface area contributed by atoms with E-state index < -0.39 is 113 Å². The minimum atomic E-state index is -1.51. The van der Waals surface area contributed by atoms with Gasteiger partial charge in [0.15, 0.2) is 0 Å². The van der Waals surface area contributed by atoms with Crippen molar-refractivity contribution in [1.82, 2.24) is 46.6 Å². The summed E-state index contributed by atoms with van der Waals surface area (Å²) in [6.07, 6.45) is -0.106. The third-order valence-electron chi connectivity index (χ3n) is 18.4. The molecule has 1 fully saturated rings. The highest BCUT2D eigenvalue weighted by molar-refractivity contribution is 7.98. The van der Waals surface area contributed by atoms with Gasteiger partial charge < -0.3 is 71.3 Å². The van der Waals surface area contributed by atoms with E-state index in [1.54, 1.807) is 86.6 Å². The lowest BCUT2D eigenvalue weighted by Gasteiger charge is -2.37. The summed E-state index contributed by atoms with van der Waals surface area (Å²) in [5, 5.41) is 17.5. The van der Waals surface area contributed by atoms with E-state index in [9.17, 15) is 19.2 Å². The standard InChI is InChI=1S/C75H106N10O14S2/c1-45(2)35-57-67(88)78-58(36-46(3)4)71(92)84(10)63(41-51-23-29-56(99-14)30-24-51)68(89)79-59(39-49-19-25-54(97-12)26-20-49)72(93)83(9)62(37-47(5)6)69(90)82-65(48(7)96-11)70(91)80-60(40-50-21-27-55(98-13)28-22-50)73(94)85-33-16-32-75(85,8)74(95)81-61(66(76)87)44-101-43-53-18-15-17-52(38-53)42-100-34-31-64(86)77-57/h15,17-30,38,45-48,57-63,65H,16,31-37,39-44H2,1-14H3,(H2,76,87)(H,77,86)(H,78,88)(H,79,89)(H,80,91)(H,81,95)(H,82,90)/t48-,57+,58-,59+,60+,61+,62+,63+,65+,75+/m1/s1. The molecule has 0 saturated carbocycles. The van der Waals surface area contributed by atoms with Gasteiger partial charge in [-0.1, -0.05) is 102 Å². The fourth-order valence-electron chi connectivity index (χ4n) is 12.4. The van der Waals surface area contributed by atoms with Crippen molar-refractivity contribution in [1.29, 1.82) is 0 Å². The molecule has 2 aliphatic heterocycles. The highest BCUT2D eigenvalue weighted by Gasteiger charge is 2.49. The molecule has 552 valence electrons. The predicted molar refractivity (Wildman–Crippen MR) is 392 cm³/mol. The molecule has 24 nitrogen and oxygen atoms in total. The monoisotopic (exact) mass is 1430 g/mol. The lowest BCUT2D eigenvalue weighted by atomic mass is 9.95. The van der Waals surface area contributed by atoms with Crippen molar-refractivity contribution in [3.05, 3.63) is 125 Å². The van der Waals surface area contributed by atoms with Gasteiger partial charge in [-0.2, -0.15) is 23.5 Å². The Labute approximate surface area is 603 Å². The van der Waals surface area contributed by atoms with Crippen molar-refractivity contribution in [2.75, 3.05) is 60.6 Å². The van der Waals surface area contributed by atoms with Gasteiger partial charge in [-0.05, 0) is 128 Å². The molecule has 2 heterocycles.